The molecule has 16 heavy (non-hydrogen) atoms. The van der Waals surface area contributed by atoms with Gasteiger partial charge in [-0.3, -0.25) is 0 Å². The molecule has 0 amide bonds. The minimum absolute atomic E-state index is 0.122. The van der Waals surface area contributed by atoms with E-state index < -0.39 is 0 Å². The van der Waals surface area contributed by atoms with Gasteiger partial charge >= 0.3 is 0 Å². The Morgan fingerprint density at radius 2 is 2.12 bits per heavy atom. The molecule has 4 heteroatoms. The highest BCUT2D eigenvalue weighted by molar-refractivity contribution is 9.10. The van der Waals surface area contributed by atoms with Gasteiger partial charge in [-0.2, -0.15) is 0 Å². The van der Waals surface area contributed by atoms with Crippen LogP contribution in [0.5, 0.6) is 0 Å². The molecule has 0 saturated carbocycles. The van der Waals surface area contributed by atoms with Crippen LogP contribution in [-0.4, -0.2) is 12.0 Å². The first kappa shape index (κ1) is 11.4. The van der Waals surface area contributed by atoms with Crippen molar-refractivity contribution in [1.82, 2.24) is 10.3 Å². The van der Waals surface area contributed by atoms with Crippen LogP contribution in [-0.2, 0) is 0 Å². The predicted octanol–water partition coefficient (Wildman–Crippen LogP) is 3.38. The van der Waals surface area contributed by atoms with Gasteiger partial charge in [0.1, 0.15) is 0 Å². The molecule has 1 aromatic carbocycles. The van der Waals surface area contributed by atoms with Crippen LogP contribution < -0.4 is 5.32 Å². The summed E-state index contributed by atoms with van der Waals surface area (Å²) < 4.78 is 6.71. The first-order valence-corrected chi connectivity index (χ1v) is 5.89. The van der Waals surface area contributed by atoms with Gasteiger partial charge in [0, 0.05) is 10.0 Å². The minimum atomic E-state index is 0.122. The van der Waals surface area contributed by atoms with Crippen LogP contribution in [0.15, 0.2) is 39.4 Å². The van der Waals surface area contributed by atoms with Gasteiger partial charge in [0.2, 0.25) is 5.89 Å². The lowest BCUT2D eigenvalue weighted by Gasteiger charge is -2.04. The van der Waals surface area contributed by atoms with E-state index in [2.05, 4.69) is 26.2 Å². The Morgan fingerprint density at radius 1 is 1.38 bits per heavy atom. The smallest absolute Gasteiger partial charge is 0.211 e. The quantitative estimate of drug-likeness (QED) is 0.937. The molecule has 1 heterocycles. The van der Waals surface area contributed by atoms with Gasteiger partial charge in [0.15, 0.2) is 5.76 Å². The van der Waals surface area contributed by atoms with Gasteiger partial charge in [-0.1, -0.05) is 34.1 Å². The molecule has 1 aromatic heterocycles. The summed E-state index contributed by atoms with van der Waals surface area (Å²) >= 11 is 3.49. The number of nitrogens with zero attached hydrogens (tertiary/aromatic N) is 1. The molecule has 0 radical (unpaired) electrons. The highest BCUT2D eigenvalue weighted by Crippen LogP contribution is 2.29. The maximum absolute atomic E-state index is 5.70. The van der Waals surface area contributed by atoms with Gasteiger partial charge in [0.25, 0.3) is 0 Å². The van der Waals surface area contributed by atoms with Gasteiger partial charge < -0.3 is 9.73 Å². The zero-order chi connectivity index (χ0) is 11.5. The van der Waals surface area contributed by atoms with Crippen molar-refractivity contribution in [3.05, 3.63) is 40.8 Å². The fourth-order valence-corrected chi connectivity index (χ4v) is 1.88. The summed E-state index contributed by atoms with van der Waals surface area (Å²) in [6.45, 7) is 2.01. The number of oxazole rings is 1. The van der Waals surface area contributed by atoms with E-state index in [0.29, 0.717) is 5.89 Å². The Morgan fingerprint density at radius 3 is 2.81 bits per heavy atom. The molecule has 3 nitrogen and oxygen atoms in total. The number of rotatable bonds is 3. The number of halogens is 1. The first-order valence-electron chi connectivity index (χ1n) is 5.10. The van der Waals surface area contributed by atoms with Gasteiger partial charge in [-0.15, -0.1) is 0 Å². The maximum Gasteiger partial charge on any atom is 0.211 e. The van der Waals surface area contributed by atoms with Crippen LogP contribution in [0, 0.1) is 0 Å². The van der Waals surface area contributed by atoms with Crippen LogP contribution in [0.25, 0.3) is 11.3 Å². The molecule has 2 rings (SSSR count). The zero-order valence-electron chi connectivity index (χ0n) is 9.20. The van der Waals surface area contributed by atoms with Crippen molar-refractivity contribution >= 4 is 15.9 Å². The zero-order valence-corrected chi connectivity index (χ0v) is 10.8. The van der Waals surface area contributed by atoms with Gasteiger partial charge in [-0.25, -0.2) is 4.98 Å². The molecule has 0 saturated heterocycles. The van der Waals surface area contributed by atoms with E-state index in [1.54, 1.807) is 6.20 Å². The Hall–Kier alpha value is -1.13. The number of benzene rings is 1. The van der Waals surface area contributed by atoms with E-state index in [1.165, 1.54) is 0 Å². The summed E-state index contributed by atoms with van der Waals surface area (Å²) in [6.07, 6.45) is 1.75. The largest absolute Gasteiger partial charge is 0.439 e. The fraction of sp³-hybridized carbons (Fsp3) is 0.250. The molecule has 0 spiro atoms. The number of hydrogen-bond donors (Lipinski definition) is 1. The van der Waals surface area contributed by atoms with Crippen molar-refractivity contribution in [3.8, 4) is 11.3 Å². The SMILES string of the molecule is CNC(C)c1ncc(-c2ccccc2Br)o1. The lowest BCUT2D eigenvalue weighted by molar-refractivity contribution is 0.441. The normalized spacial score (nSPS) is 12.7. The average Bonchev–Trinajstić information content (AvgIpc) is 2.78. The van der Waals surface area contributed by atoms with E-state index in [9.17, 15) is 0 Å². The number of aromatic nitrogens is 1. The van der Waals surface area contributed by atoms with E-state index in [0.717, 1.165) is 15.8 Å². The Balaban J connectivity index is 2.35. The lowest BCUT2D eigenvalue weighted by atomic mass is 10.2. The second-order valence-electron chi connectivity index (χ2n) is 3.55. The predicted molar refractivity (Wildman–Crippen MR) is 67.1 cm³/mol. The third-order valence-electron chi connectivity index (χ3n) is 2.47. The number of nitrogens with one attached hydrogen (secondary N) is 1. The molecular weight excluding hydrogens is 268 g/mol. The van der Waals surface area contributed by atoms with E-state index in [1.807, 2.05) is 38.2 Å². The molecule has 0 aliphatic carbocycles. The van der Waals surface area contributed by atoms with E-state index in [-0.39, 0.29) is 6.04 Å². The molecule has 0 aliphatic rings. The minimum Gasteiger partial charge on any atom is -0.439 e. The Bertz CT molecular complexity index is 481. The summed E-state index contributed by atoms with van der Waals surface area (Å²) in [5.41, 5.74) is 1.02. The second-order valence-corrected chi connectivity index (χ2v) is 4.41. The molecule has 0 fully saturated rings. The summed E-state index contributed by atoms with van der Waals surface area (Å²) in [5.74, 6) is 1.48. The summed E-state index contributed by atoms with van der Waals surface area (Å²) in [4.78, 5) is 4.25. The third kappa shape index (κ3) is 2.18. The van der Waals surface area contributed by atoms with Crippen molar-refractivity contribution in [1.29, 1.82) is 0 Å². The van der Waals surface area contributed by atoms with Crippen molar-refractivity contribution in [3.63, 3.8) is 0 Å². The van der Waals surface area contributed by atoms with Gasteiger partial charge in [-0.05, 0) is 20.0 Å². The summed E-state index contributed by atoms with van der Waals surface area (Å²) in [6, 6.07) is 8.05. The Labute approximate surface area is 103 Å². The molecular formula is C12H13BrN2O. The highest BCUT2D eigenvalue weighted by atomic mass is 79.9. The standard InChI is InChI=1S/C12H13BrN2O/c1-8(14-2)12-15-7-11(16-12)9-5-3-4-6-10(9)13/h3-8,14H,1-2H3. The van der Waals surface area contributed by atoms with Crippen LogP contribution in [0.2, 0.25) is 0 Å². The molecule has 0 aliphatic heterocycles. The van der Waals surface area contributed by atoms with Gasteiger partial charge in [0.05, 0.1) is 12.2 Å². The molecule has 2 aromatic rings. The molecule has 1 N–H and O–H groups in total. The van der Waals surface area contributed by atoms with Crippen LogP contribution in [0.3, 0.4) is 0 Å². The monoisotopic (exact) mass is 280 g/mol. The summed E-state index contributed by atoms with van der Waals surface area (Å²) in [7, 11) is 1.88. The molecule has 1 unspecified atom stereocenters. The first-order chi connectivity index (χ1) is 7.72. The summed E-state index contributed by atoms with van der Waals surface area (Å²) in [5, 5.41) is 3.09. The van der Waals surface area contributed by atoms with Crippen molar-refractivity contribution in [2.45, 2.75) is 13.0 Å². The van der Waals surface area contributed by atoms with Crippen LogP contribution in [0.4, 0.5) is 0 Å². The topological polar surface area (TPSA) is 38.1 Å². The number of hydrogen-bond acceptors (Lipinski definition) is 3. The maximum atomic E-state index is 5.70. The molecule has 0 bridgehead atoms. The fourth-order valence-electron chi connectivity index (χ4n) is 1.40. The highest BCUT2D eigenvalue weighted by Gasteiger charge is 2.12. The third-order valence-corrected chi connectivity index (χ3v) is 3.16. The van der Waals surface area contributed by atoms with Crippen LogP contribution in [0.1, 0.15) is 18.9 Å². The second kappa shape index (κ2) is 4.80. The van der Waals surface area contributed by atoms with E-state index in [4.69, 9.17) is 4.42 Å². The average molecular weight is 281 g/mol. The molecule has 84 valence electrons. The van der Waals surface area contributed by atoms with E-state index >= 15 is 0 Å². The Kier molecular flexibility index (Phi) is 3.41. The van der Waals surface area contributed by atoms with Crippen molar-refractivity contribution in [2.75, 3.05) is 7.05 Å². The molecule has 1 atom stereocenters. The lowest BCUT2D eigenvalue weighted by Crippen LogP contribution is -2.12. The van der Waals surface area contributed by atoms with Crippen molar-refractivity contribution in [2.24, 2.45) is 0 Å². The van der Waals surface area contributed by atoms with Crippen LogP contribution >= 0.6 is 15.9 Å². The van der Waals surface area contributed by atoms with Crippen molar-refractivity contribution < 1.29 is 4.42 Å².